The monoisotopic (exact) mass is 725 g/mol. The summed E-state index contributed by atoms with van der Waals surface area (Å²) < 4.78 is 26.7. The van der Waals surface area contributed by atoms with E-state index < -0.39 is 26.5 Å². The first-order valence-electron chi connectivity index (χ1n) is 19.6. The van der Waals surface area contributed by atoms with Crippen molar-refractivity contribution < 1.29 is 37.9 Å². The Morgan fingerprint density at radius 3 is 1.66 bits per heavy atom. The fraction of sp³-hybridized carbons (Fsp3) is 0.750. The Balaban J connectivity index is 3.72. The third-order valence-electron chi connectivity index (χ3n) is 8.01. The second-order valence-electron chi connectivity index (χ2n) is 12.9. The highest BCUT2D eigenvalue weighted by Crippen LogP contribution is 2.42. The molecule has 0 aromatic carbocycles. The van der Waals surface area contributed by atoms with E-state index in [0.29, 0.717) is 12.8 Å². The van der Waals surface area contributed by atoms with Crippen molar-refractivity contribution >= 4 is 19.7 Å². The maximum absolute atomic E-state index is 12.0. The van der Waals surface area contributed by atoms with Crippen LogP contribution >= 0.6 is 7.82 Å². The lowest BCUT2D eigenvalue weighted by Gasteiger charge is -2.15. The Hall–Kier alpha value is -2.03. The molecule has 0 aliphatic heterocycles. The van der Waals surface area contributed by atoms with Crippen molar-refractivity contribution in [2.75, 3.05) is 26.4 Å². The van der Waals surface area contributed by atoms with Gasteiger partial charge in [0.2, 0.25) is 5.91 Å². The van der Waals surface area contributed by atoms with Crippen LogP contribution in [0.2, 0.25) is 0 Å². The number of unbranched alkanes of at least 4 members (excludes halogenated alkanes) is 15. The van der Waals surface area contributed by atoms with Gasteiger partial charge in [-0.05, 0) is 51.4 Å². The van der Waals surface area contributed by atoms with Crippen LogP contribution in [-0.2, 0) is 27.9 Å². The van der Waals surface area contributed by atoms with Gasteiger partial charge >= 0.3 is 13.8 Å². The van der Waals surface area contributed by atoms with Crippen LogP contribution in [0, 0.1) is 0 Å². The van der Waals surface area contributed by atoms with E-state index in [4.69, 9.17) is 13.8 Å². The average Bonchev–Trinajstić information content (AvgIpc) is 3.10. The number of carbonyl (C=O) groups is 2. The van der Waals surface area contributed by atoms with Crippen LogP contribution in [-0.4, -0.2) is 54.3 Å². The second kappa shape index (κ2) is 36.8. The molecular formula is C40H72NO8P. The SMILES string of the molecule is CCCCC/C=C\C/C=C\C/C=C\C/C=C\CCCC(=O)OCC(O)COP(=O)(O)OCCNC(=O)CCCCCCCCCCCCCC. The van der Waals surface area contributed by atoms with E-state index in [2.05, 4.69) is 61.7 Å². The van der Waals surface area contributed by atoms with Gasteiger partial charge in [0.05, 0.1) is 13.2 Å². The second-order valence-corrected chi connectivity index (χ2v) is 14.4. The molecule has 0 aromatic rings. The largest absolute Gasteiger partial charge is 0.472 e. The van der Waals surface area contributed by atoms with Crippen molar-refractivity contribution in [3.05, 3.63) is 48.6 Å². The Morgan fingerprint density at radius 2 is 1.10 bits per heavy atom. The predicted octanol–water partition coefficient (Wildman–Crippen LogP) is 10.4. The number of phosphoric acid groups is 1. The summed E-state index contributed by atoms with van der Waals surface area (Å²) >= 11 is 0. The fourth-order valence-corrected chi connectivity index (χ4v) is 5.78. The molecule has 0 radical (unpaired) electrons. The number of amides is 1. The van der Waals surface area contributed by atoms with Gasteiger partial charge in [-0.3, -0.25) is 18.6 Å². The number of hydrogen-bond donors (Lipinski definition) is 3. The lowest BCUT2D eigenvalue weighted by atomic mass is 10.0. The Morgan fingerprint density at radius 1 is 0.620 bits per heavy atom. The molecule has 0 heterocycles. The van der Waals surface area contributed by atoms with E-state index in [1.807, 2.05) is 6.08 Å². The first-order chi connectivity index (χ1) is 24.3. The number of allylic oxidation sites excluding steroid dienone is 8. The zero-order chi connectivity index (χ0) is 36.8. The minimum atomic E-state index is -4.42. The van der Waals surface area contributed by atoms with E-state index >= 15 is 0 Å². The van der Waals surface area contributed by atoms with Crippen molar-refractivity contribution in [2.24, 2.45) is 0 Å². The van der Waals surface area contributed by atoms with Gasteiger partial charge in [0.25, 0.3) is 0 Å². The Bertz CT molecular complexity index is 965. The number of phosphoric ester groups is 1. The lowest BCUT2D eigenvalue weighted by molar-refractivity contribution is -0.147. The van der Waals surface area contributed by atoms with E-state index in [-0.39, 0.29) is 32.1 Å². The number of esters is 1. The molecule has 0 fully saturated rings. The Kier molecular flexibility index (Phi) is 35.3. The summed E-state index contributed by atoms with van der Waals surface area (Å²) in [6.07, 6.45) is 40.4. The molecule has 0 spiro atoms. The zero-order valence-corrected chi connectivity index (χ0v) is 32.5. The molecule has 0 bridgehead atoms. The van der Waals surface area contributed by atoms with Gasteiger partial charge in [-0.25, -0.2) is 4.57 Å². The molecule has 2 unspecified atom stereocenters. The number of hydrogen-bond acceptors (Lipinski definition) is 7. The number of nitrogens with one attached hydrogen (secondary N) is 1. The van der Waals surface area contributed by atoms with Gasteiger partial charge in [0.15, 0.2) is 0 Å². The normalized spacial score (nSPS) is 13.9. The highest BCUT2D eigenvalue weighted by atomic mass is 31.2. The molecule has 9 nitrogen and oxygen atoms in total. The van der Waals surface area contributed by atoms with E-state index in [0.717, 1.165) is 44.9 Å². The van der Waals surface area contributed by atoms with Crippen molar-refractivity contribution in [2.45, 2.75) is 168 Å². The molecule has 0 rings (SSSR count). The topological polar surface area (TPSA) is 131 Å². The van der Waals surface area contributed by atoms with Crippen LogP contribution in [0.1, 0.15) is 162 Å². The van der Waals surface area contributed by atoms with Crippen molar-refractivity contribution in [3.8, 4) is 0 Å². The molecule has 0 aliphatic rings. The third-order valence-corrected chi connectivity index (χ3v) is 9.00. The van der Waals surface area contributed by atoms with Crippen LogP contribution < -0.4 is 5.32 Å². The van der Waals surface area contributed by atoms with Crippen molar-refractivity contribution in [1.82, 2.24) is 5.32 Å². The van der Waals surface area contributed by atoms with E-state index in [1.54, 1.807) is 0 Å². The van der Waals surface area contributed by atoms with Gasteiger partial charge in [-0.2, -0.15) is 0 Å². The summed E-state index contributed by atoms with van der Waals surface area (Å²) in [5.74, 6) is -0.576. The Labute approximate surface area is 305 Å². The molecular weight excluding hydrogens is 653 g/mol. The molecule has 50 heavy (non-hydrogen) atoms. The third kappa shape index (κ3) is 37.2. The molecule has 3 N–H and O–H groups in total. The molecule has 1 amide bonds. The maximum Gasteiger partial charge on any atom is 0.472 e. The van der Waals surface area contributed by atoms with Crippen LogP contribution in [0.15, 0.2) is 48.6 Å². The first-order valence-corrected chi connectivity index (χ1v) is 21.1. The zero-order valence-electron chi connectivity index (χ0n) is 31.6. The molecule has 0 saturated carbocycles. The average molecular weight is 726 g/mol. The molecule has 290 valence electrons. The highest BCUT2D eigenvalue weighted by Gasteiger charge is 2.23. The van der Waals surface area contributed by atoms with Crippen LogP contribution in [0.5, 0.6) is 0 Å². The summed E-state index contributed by atoms with van der Waals surface area (Å²) in [5.41, 5.74) is 0. The number of aliphatic hydroxyl groups excluding tert-OH is 1. The fourth-order valence-electron chi connectivity index (χ4n) is 5.02. The van der Waals surface area contributed by atoms with Crippen LogP contribution in [0.3, 0.4) is 0 Å². The first kappa shape index (κ1) is 48.0. The van der Waals surface area contributed by atoms with Gasteiger partial charge in [-0.1, -0.05) is 146 Å². The minimum absolute atomic E-state index is 0.0756. The summed E-state index contributed by atoms with van der Waals surface area (Å²) in [7, 11) is -4.42. The van der Waals surface area contributed by atoms with Crippen molar-refractivity contribution in [3.63, 3.8) is 0 Å². The molecule has 10 heteroatoms. The van der Waals surface area contributed by atoms with Crippen LogP contribution in [0.25, 0.3) is 0 Å². The van der Waals surface area contributed by atoms with E-state index in [1.165, 1.54) is 83.5 Å². The maximum atomic E-state index is 12.0. The van der Waals surface area contributed by atoms with Gasteiger partial charge in [0.1, 0.15) is 12.7 Å². The lowest BCUT2D eigenvalue weighted by Crippen LogP contribution is -2.27. The van der Waals surface area contributed by atoms with E-state index in [9.17, 15) is 24.2 Å². The summed E-state index contributed by atoms with van der Waals surface area (Å²) in [6, 6.07) is 0. The smallest absolute Gasteiger partial charge is 0.463 e. The molecule has 2 atom stereocenters. The molecule has 0 saturated heterocycles. The molecule has 0 aliphatic carbocycles. The van der Waals surface area contributed by atoms with Gasteiger partial charge in [0, 0.05) is 19.4 Å². The summed E-state index contributed by atoms with van der Waals surface area (Å²) in [5, 5.41) is 12.6. The standard InChI is InChI=1S/C40H72NO8P/c1-3-5-7-9-11-13-15-17-18-19-20-21-23-25-27-29-31-33-40(44)47-36-38(42)37-49-50(45,46)48-35-34-41-39(43)32-30-28-26-24-22-16-14-12-10-8-6-4-2/h11,13,17-18,20-21,25,27,38,42H,3-10,12,14-16,19,22-24,26,28-37H2,1-2H3,(H,41,43)(H,45,46)/b13-11-,18-17-,21-20-,27-25-. The van der Waals surface area contributed by atoms with Gasteiger partial charge in [-0.15, -0.1) is 0 Å². The molecule has 0 aromatic heterocycles. The number of rotatable bonds is 36. The number of carbonyl (C=O) groups excluding carboxylic acids is 2. The quantitative estimate of drug-likeness (QED) is 0.0252. The number of aliphatic hydroxyl groups is 1. The van der Waals surface area contributed by atoms with Gasteiger partial charge < -0.3 is 20.1 Å². The highest BCUT2D eigenvalue weighted by molar-refractivity contribution is 7.47. The summed E-state index contributed by atoms with van der Waals surface area (Å²) in [4.78, 5) is 33.7. The predicted molar refractivity (Wildman–Crippen MR) is 206 cm³/mol. The van der Waals surface area contributed by atoms with Crippen LogP contribution in [0.4, 0.5) is 0 Å². The van der Waals surface area contributed by atoms with Crippen molar-refractivity contribution in [1.29, 1.82) is 0 Å². The summed E-state index contributed by atoms with van der Waals surface area (Å²) in [6.45, 7) is 3.44. The minimum Gasteiger partial charge on any atom is -0.463 e. The number of ether oxygens (including phenoxy) is 1.